The van der Waals surface area contributed by atoms with Crippen LogP contribution in [0.3, 0.4) is 0 Å². The molecule has 1 atom stereocenters. The Morgan fingerprint density at radius 3 is 2.44 bits per heavy atom. The van der Waals surface area contributed by atoms with E-state index in [1.807, 2.05) is 19.1 Å². The Morgan fingerprint density at radius 1 is 1.09 bits per heavy atom. The van der Waals surface area contributed by atoms with Crippen LogP contribution >= 0.6 is 11.8 Å². The first-order chi connectivity index (χ1) is 16.2. The lowest BCUT2D eigenvalue weighted by Gasteiger charge is -2.18. The highest BCUT2D eigenvalue weighted by Crippen LogP contribution is 2.35. The van der Waals surface area contributed by atoms with Crippen molar-refractivity contribution in [2.75, 3.05) is 26.1 Å². The first-order valence-electron chi connectivity index (χ1n) is 10.3. The number of imide groups is 1. The van der Waals surface area contributed by atoms with Crippen molar-refractivity contribution in [3.8, 4) is 11.5 Å². The molecule has 3 rings (SSSR count). The van der Waals surface area contributed by atoms with E-state index in [4.69, 9.17) is 9.47 Å². The summed E-state index contributed by atoms with van der Waals surface area (Å²) in [6.45, 7) is 3.15. The van der Waals surface area contributed by atoms with Crippen LogP contribution in [0.2, 0.25) is 0 Å². The molecule has 1 saturated heterocycles. The van der Waals surface area contributed by atoms with E-state index in [1.54, 1.807) is 30.3 Å². The number of rotatable bonds is 8. The Kier molecular flexibility index (Phi) is 7.95. The zero-order valence-corrected chi connectivity index (χ0v) is 19.9. The molecule has 34 heavy (non-hydrogen) atoms. The van der Waals surface area contributed by atoms with Gasteiger partial charge in [0.05, 0.1) is 19.1 Å². The fourth-order valence-corrected chi connectivity index (χ4v) is 4.02. The zero-order chi connectivity index (χ0) is 24.8. The fourth-order valence-electron chi connectivity index (χ4n) is 3.11. The van der Waals surface area contributed by atoms with Gasteiger partial charge in [0, 0.05) is 5.69 Å². The molecule has 2 aromatic carbocycles. The van der Waals surface area contributed by atoms with Crippen LogP contribution in [-0.4, -0.2) is 54.8 Å². The van der Waals surface area contributed by atoms with E-state index in [-0.39, 0.29) is 17.4 Å². The number of carbonyl (C=O) groups is 4. The van der Waals surface area contributed by atoms with Crippen molar-refractivity contribution >= 4 is 46.5 Å². The Hall–Kier alpha value is -3.79. The SMILES string of the molecule is COC(=O)C(C)N1C(=O)S/C(=C/c2ccc(OCC(=O)Nc3ccc(C)cc3)c(OC)c2)C1=O. The fraction of sp³-hybridized carbons (Fsp3) is 0.250. The molecule has 1 aliphatic rings. The molecule has 0 spiro atoms. The first-order valence-corrected chi connectivity index (χ1v) is 11.1. The van der Waals surface area contributed by atoms with Crippen molar-refractivity contribution < 1.29 is 33.4 Å². The van der Waals surface area contributed by atoms with Gasteiger partial charge in [0.1, 0.15) is 6.04 Å². The number of hydrogen-bond acceptors (Lipinski definition) is 8. The van der Waals surface area contributed by atoms with Crippen LogP contribution in [0.4, 0.5) is 10.5 Å². The van der Waals surface area contributed by atoms with Gasteiger partial charge in [-0.15, -0.1) is 0 Å². The molecule has 1 N–H and O–H groups in total. The second-order valence-electron chi connectivity index (χ2n) is 7.36. The number of methoxy groups -OCH3 is 2. The minimum Gasteiger partial charge on any atom is -0.493 e. The van der Waals surface area contributed by atoms with Crippen LogP contribution in [0, 0.1) is 6.92 Å². The van der Waals surface area contributed by atoms with Gasteiger partial charge in [0.2, 0.25) is 0 Å². The highest BCUT2D eigenvalue weighted by Gasteiger charge is 2.41. The van der Waals surface area contributed by atoms with Gasteiger partial charge in [-0.05, 0) is 61.5 Å². The van der Waals surface area contributed by atoms with Crippen molar-refractivity contribution in [2.24, 2.45) is 0 Å². The largest absolute Gasteiger partial charge is 0.493 e. The molecule has 0 aromatic heterocycles. The maximum absolute atomic E-state index is 12.7. The van der Waals surface area contributed by atoms with E-state index in [0.717, 1.165) is 22.2 Å². The van der Waals surface area contributed by atoms with Crippen molar-refractivity contribution in [2.45, 2.75) is 19.9 Å². The number of nitrogens with zero attached hydrogens (tertiary/aromatic N) is 1. The minimum atomic E-state index is -1.03. The molecular formula is C24H24N2O7S. The third kappa shape index (κ3) is 5.76. The highest BCUT2D eigenvalue weighted by molar-refractivity contribution is 8.18. The Balaban J connectivity index is 1.68. The number of ether oxygens (including phenoxy) is 3. The van der Waals surface area contributed by atoms with Gasteiger partial charge in [-0.3, -0.25) is 19.3 Å². The lowest BCUT2D eigenvalue weighted by molar-refractivity contribution is -0.148. The molecular weight excluding hydrogens is 460 g/mol. The topological polar surface area (TPSA) is 111 Å². The maximum Gasteiger partial charge on any atom is 0.328 e. The summed E-state index contributed by atoms with van der Waals surface area (Å²) in [5.74, 6) is -0.911. The summed E-state index contributed by atoms with van der Waals surface area (Å²) < 4.78 is 15.6. The third-order valence-corrected chi connectivity index (χ3v) is 5.82. The standard InChI is InChI=1S/C24H24N2O7S/c1-14-5-8-17(9-6-14)25-21(27)13-33-18-10-7-16(11-19(18)31-3)12-20-22(28)26(24(30)34-20)15(2)23(29)32-4/h5-12,15H,13H2,1-4H3,(H,25,27)/b20-12+. The van der Waals surface area contributed by atoms with Crippen LogP contribution in [0.15, 0.2) is 47.4 Å². The van der Waals surface area contributed by atoms with E-state index in [2.05, 4.69) is 10.1 Å². The van der Waals surface area contributed by atoms with Gasteiger partial charge in [0.15, 0.2) is 18.1 Å². The van der Waals surface area contributed by atoms with Crippen LogP contribution in [-0.2, 0) is 19.1 Å². The lowest BCUT2D eigenvalue weighted by Crippen LogP contribution is -2.42. The summed E-state index contributed by atoms with van der Waals surface area (Å²) in [6, 6.07) is 11.2. The van der Waals surface area contributed by atoms with Crippen molar-refractivity contribution in [3.05, 3.63) is 58.5 Å². The summed E-state index contributed by atoms with van der Waals surface area (Å²) in [6.07, 6.45) is 1.52. The van der Waals surface area contributed by atoms with Gasteiger partial charge < -0.3 is 19.5 Å². The maximum atomic E-state index is 12.7. The average molecular weight is 485 g/mol. The molecule has 0 saturated carbocycles. The van der Waals surface area contributed by atoms with E-state index in [1.165, 1.54) is 27.2 Å². The van der Waals surface area contributed by atoms with Crippen LogP contribution in [0.5, 0.6) is 11.5 Å². The second kappa shape index (κ2) is 10.9. The predicted molar refractivity (Wildman–Crippen MR) is 128 cm³/mol. The monoisotopic (exact) mass is 484 g/mol. The Morgan fingerprint density at radius 2 is 1.79 bits per heavy atom. The van der Waals surface area contributed by atoms with Gasteiger partial charge in [-0.25, -0.2) is 4.79 Å². The van der Waals surface area contributed by atoms with E-state index in [9.17, 15) is 19.2 Å². The number of thioether (sulfide) groups is 1. The molecule has 1 unspecified atom stereocenters. The number of esters is 1. The Bertz CT molecular complexity index is 1140. The number of carbonyl (C=O) groups excluding carboxylic acids is 4. The van der Waals surface area contributed by atoms with Gasteiger partial charge in [-0.2, -0.15) is 0 Å². The molecule has 9 nitrogen and oxygen atoms in total. The number of nitrogens with one attached hydrogen (secondary N) is 1. The third-order valence-electron chi connectivity index (χ3n) is 4.93. The molecule has 1 aliphatic heterocycles. The number of benzene rings is 2. The average Bonchev–Trinajstić information content (AvgIpc) is 3.10. The smallest absolute Gasteiger partial charge is 0.328 e. The predicted octanol–water partition coefficient (Wildman–Crippen LogP) is 3.62. The minimum absolute atomic E-state index is 0.161. The van der Waals surface area contributed by atoms with E-state index in [0.29, 0.717) is 22.7 Å². The molecule has 10 heteroatoms. The van der Waals surface area contributed by atoms with E-state index >= 15 is 0 Å². The molecule has 0 bridgehead atoms. The van der Waals surface area contributed by atoms with Gasteiger partial charge >= 0.3 is 5.97 Å². The van der Waals surface area contributed by atoms with Crippen LogP contribution in [0.25, 0.3) is 6.08 Å². The second-order valence-corrected chi connectivity index (χ2v) is 8.36. The molecule has 2 aromatic rings. The van der Waals surface area contributed by atoms with Gasteiger partial charge in [0.25, 0.3) is 17.1 Å². The molecule has 178 valence electrons. The number of anilines is 1. The quantitative estimate of drug-likeness (QED) is 0.447. The molecule has 3 amide bonds. The lowest BCUT2D eigenvalue weighted by atomic mass is 10.1. The Labute approximate surface area is 201 Å². The molecule has 0 radical (unpaired) electrons. The summed E-state index contributed by atoms with van der Waals surface area (Å²) in [7, 11) is 2.64. The van der Waals surface area contributed by atoms with Crippen molar-refractivity contribution in [1.29, 1.82) is 0 Å². The summed E-state index contributed by atoms with van der Waals surface area (Å²) in [5, 5.41) is 2.19. The first kappa shape index (κ1) is 24.8. The molecule has 1 fully saturated rings. The normalized spacial score (nSPS) is 15.3. The van der Waals surface area contributed by atoms with Crippen LogP contribution < -0.4 is 14.8 Å². The number of hydrogen-bond donors (Lipinski definition) is 1. The molecule has 0 aliphatic carbocycles. The zero-order valence-electron chi connectivity index (χ0n) is 19.1. The number of amides is 3. The summed E-state index contributed by atoms with van der Waals surface area (Å²) in [5.41, 5.74) is 2.32. The van der Waals surface area contributed by atoms with Crippen LogP contribution in [0.1, 0.15) is 18.1 Å². The number of aryl methyl sites for hydroxylation is 1. The highest BCUT2D eigenvalue weighted by atomic mass is 32.2. The summed E-state index contributed by atoms with van der Waals surface area (Å²) >= 11 is 0.732. The van der Waals surface area contributed by atoms with Crippen molar-refractivity contribution in [3.63, 3.8) is 0 Å². The van der Waals surface area contributed by atoms with Crippen molar-refractivity contribution in [1.82, 2.24) is 4.90 Å². The summed E-state index contributed by atoms with van der Waals surface area (Å²) in [4.78, 5) is 49.9. The van der Waals surface area contributed by atoms with E-state index < -0.39 is 23.2 Å². The molecule has 1 heterocycles. The van der Waals surface area contributed by atoms with Gasteiger partial charge in [-0.1, -0.05) is 23.8 Å².